The predicted molar refractivity (Wildman–Crippen MR) is 79.0 cm³/mol. The van der Waals surface area contributed by atoms with Crippen LogP contribution in [-0.4, -0.2) is 25.3 Å². The molecule has 1 aromatic rings. The molecule has 2 unspecified atom stereocenters. The average molecular weight is 262 g/mol. The first-order valence-corrected chi connectivity index (χ1v) is 7.24. The lowest BCUT2D eigenvalue weighted by Gasteiger charge is -2.36. The zero-order valence-electron chi connectivity index (χ0n) is 12.1. The van der Waals surface area contributed by atoms with Gasteiger partial charge in [-0.15, -0.1) is 0 Å². The Balaban J connectivity index is 1.85. The van der Waals surface area contributed by atoms with Crippen LogP contribution in [0.15, 0.2) is 30.3 Å². The Kier molecular flexibility index (Phi) is 4.97. The first-order chi connectivity index (χ1) is 9.11. The third kappa shape index (κ3) is 4.03. The van der Waals surface area contributed by atoms with Gasteiger partial charge in [0, 0.05) is 31.3 Å². The molecule has 0 aliphatic carbocycles. The quantitative estimate of drug-likeness (QED) is 0.857. The summed E-state index contributed by atoms with van der Waals surface area (Å²) < 4.78 is 5.42. The topological polar surface area (TPSA) is 47.3 Å². The first kappa shape index (κ1) is 14.5. The van der Waals surface area contributed by atoms with Crippen molar-refractivity contribution in [3.63, 3.8) is 0 Å². The zero-order valence-corrected chi connectivity index (χ0v) is 12.1. The van der Waals surface area contributed by atoms with Gasteiger partial charge in [-0.1, -0.05) is 37.3 Å². The van der Waals surface area contributed by atoms with E-state index in [1.54, 1.807) is 0 Å². The Morgan fingerprint density at radius 3 is 2.53 bits per heavy atom. The number of hydrogen-bond acceptors (Lipinski definition) is 3. The van der Waals surface area contributed by atoms with E-state index in [4.69, 9.17) is 10.5 Å². The van der Waals surface area contributed by atoms with Crippen molar-refractivity contribution >= 4 is 0 Å². The zero-order chi connectivity index (χ0) is 13.7. The average Bonchev–Trinajstić information content (AvgIpc) is 2.46. The molecule has 2 atom stereocenters. The van der Waals surface area contributed by atoms with Gasteiger partial charge in [0.25, 0.3) is 0 Å². The minimum Gasteiger partial charge on any atom is -0.381 e. The third-order valence-electron chi connectivity index (χ3n) is 4.24. The molecule has 3 N–H and O–H groups in total. The summed E-state index contributed by atoms with van der Waals surface area (Å²) in [6.07, 6.45) is 2.17. The van der Waals surface area contributed by atoms with Crippen molar-refractivity contribution in [2.45, 2.75) is 38.3 Å². The SMILES string of the molecule is CC(CNC1(C)CCOCC1)C(N)c1ccccc1. The fourth-order valence-corrected chi connectivity index (χ4v) is 2.54. The number of rotatable bonds is 5. The molecule has 3 nitrogen and oxygen atoms in total. The Bertz CT molecular complexity index is 374. The van der Waals surface area contributed by atoms with Gasteiger partial charge in [0.2, 0.25) is 0 Å². The summed E-state index contributed by atoms with van der Waals surface area (Å²) in [5, 5.41) is 3.69. The van der Waals surface area contributed by atoms with Gasteiger partial charge in [0.15, 0.2) is 0 Å². The maximum absolute atomic E-state index is 6.33. The largest absolute Gasteiger partial charge is 0.381 e. The molecule has 3 heteroatoms. The molecule has 0 amide bonds. The summed E-state index contributed by atoms with van der Waals surface area (Å²) in [7, 11) is 0. The number of nitrogens with two attached hydrogens (primary N) is 1. The lowest BCUT2D eigenvalue weighted by Crippen LogP contribution is -2.49. The second-order valence-corrected chi connectivity index (χ2v) is 5.97. The highest BCUT2D eigenvalue weighted by Crippen LogP contribution is 2.22. The van der Waals surface area contributed by atoms with Crippen LogP contribution in [0.3, 0.4) is 0 Å². The van der Waals surface area contributed by atoms with Crippen LogP contribution in [0.5, 0.6) is 0 Å². The summed E-state index contributed by atoms with van der Waals surface area (Å²) in [4.78, 5) is 0. The van der Waals surface area contributed by atoms with Crippen molar-refractivity contribution in [1.29, 1.82) is 0 Å². The van der Waals surface area contributed by atoms with Crippen molar-refractivity contribution in [2.24, 2.45) is 11.7 Å². The van der Waals surface area contributed by atoms with Crippen LogP contribution in [-0.2, 0) is 4.74 Å². The molecule has 1 heterocycles. The molecular formula is C16H26N2O. The van der Waals surface area contributed by atoms with Crippen LogP contribution < -0.4 is 11.1 Å². The highest BCUT2D eigenvalue weighted by molar-refractivity contribution is 5.19. The van der Waals surface area contributed by atoms with Gasteiger partial charge in [0.05, 0.1) is 0 Å². The van der Waals surface area contributed by atoms with E-state index >= 15 is 0 Å². The summed E-state index contributed by atoms with van der Waals surface area (Å²) in [6.45, 7) is 7.18. The molecular weight excluding hydrogens is 236 g/mol. The van der Waals surface area contributed by atoms with Gasteiger partial charge < -0.3 is 15.8 Å². The standard InChI is InChI=1S/C16H26N2O/c1-13(15(17)14-6-4-3-5-7-14)12-18-16(2)8-10-19-11-9-16/h3-7,13,15,18H,8-12,17H2,1-2H3. The van der Waals surface area contributed by atoms with Gasteiger partial charge in [-0.2, -0.15) is 0 Å². The third-order valence-corrected chi connectivity index (χ3v) is 4.24. The van der Waals surface area contributed by atoms with E-state index in [9.17, 15) is 0 Å². The van der Waals surface area contributed by atoms with E-state index in [1.807, 2.05) is 6.07 Å². The Hall–Kier alpha value is -0.900. The van der Waals surface area contributed by atoms with Crippen LogP contribution in [0, 0.1) is 5.92 Å². The number of ether oxygens (including phenoxy) is 1. The molecule has 0 radical (unpaired) electrons. The van der Waals surface area contributed by atoms with Crippen molar-refractivity contribution in [1.82, 2.24) is 5.32 Å². The molecule has 0 aromatic heterocycles. The molecule has 1 saturated heterocycles. The van der Waals surface area contributed by atoms with Crippen LogP contribution in [0.4, 0.5) is 0 Å². The van der Waals surface area contributed by atoms with Crippen molar-refractivity contribution in [2.75, 3.05) is 19.8 Å². The van der Waals surface area contributed by atoms with Crippen molar-refractivity contribution in [3.05, 3.63) is 35.9 Å². The maximum atomic E-state index is 6.33. The monoisotopic (exact) mass is 262 g/mol. The predicted octanol–water partition coefficient (Wildman–Crippen LogP) is 2.48. The number of nitrogens with one attached hydrogen (secondary N) is 1. The van der Waals surface area contributed by atoms with E-state index in [1.165, 1.54) is 5.56 Å². The smallest absolute Gasteiger partial charge is 0.0483 e. The lowest BCUT2D eigenvalue weighted by atomic mass is 9.90. The second-order valence-electron chi connectivity index (χ2n) is 5.97. The minimum atomic E-state index is 0.0946. The highest BCUT2D eigenvalue weighted by atomic mass is 16.5. The van der Waals surface area contributed by atoms with Gasteiger partial charge in [-0.3, -0.25) is 0 Å². The molecule has 1 fully saturated rings. The Morgan fingerprint density at radius 2 is 1.89 bits per heavy atom. The van der Waals surface area contributed by atoms with E-state index in [-0.39, 0.29) is 11.6 Å². The molecule has 19 heavy (non-hydrogen) atoms. The van der Waals surface area contributed by atoms with Crippen LogP contribution in [0.2, 0.25) is 0 Å². The summed E-state index contributed by atoms with van der Waals surface area (Å²) >= 11 is 0. The van der Waals surface area contributed by atoms with E-state index in [2.05, 4.69) is 43.4 Å². The van der Waals surface area contributed by atoms with E-state index < -0.39 is 0 Å². The molecule has 0 bridgehead atoms. The fraction of sp³-hybridized carbons (Fsp3) is 0.625. The summed E-state index contributed by atoms with van der Waals surface area (Å²) in [6, 6.07) is 10.4. The van der Waals surface area contributed by atoms with Crippen molar-refractivity contribution < 1.29 is 4.74 Å². The Morgan fingerprint density at radius 1 is 1.26 bits per heavy atom. The molecule has 2 rings (SSSR count). The number of hydrogen-bond donors (Lipinski definition) is 2. The number of benzene rings is 1. The summed E-state index contributed by atoms with van der Waals surface area (Å²) in [5.74, 6) is 0.419. The highest BCUT2D eigenvalue weighted by Gasteiger charge is 2.27. The van der Waals surface area contributed by atoms with Gasteiger partial charge in [0.1, 0.15) is 0 Å². The second kappa shape index (κ2) is 6.51. The summed E-state index contributed by atoms with van der Waals surface area (Å²) in [5.41, 5.74) is 7.76. The molecule has 1 aliphatic rings. The van der Waals surface area contributed by atoms with Crippen molar-refractivity contribution in [3.8, 4) is 0 Å². The molecule has 0 spiro atoms. The molecule has 1 aliphatic heterocycles. The lowest BCUT2D eigenvalue weighted by molar-refractivity contribution is 0.0436. The minimum absolute atomic E-state index is 0.0946. The van der Waals surface area contributed by atoms with Gasteiger partial charge in [-0.25, -0.2) is 0 Å². The van der Waals surface area contributed by atoms with Crippen LogP contribution in [0.25, 0.3) is 0 Å². The van der Waals surface area contributed by atoms with Crippen LogP contribution >= 0.6 is 0 Å². The van der Waals surface area contributed by atoms with E-state index in [0.29, 0.717) is 5.92 Å². The molecule has 1 aromatic carbocycles. The molecule has 106 valence electrons. The first-order valence-electron chi connectivity index (χ1n) is 7.24. The van der Waals surface area contributed by atoms with Crippen LogP contribution in [0.1, 0.15) is 38.3 Å². The Labute approximate surface area is 116 Å². The van der Waals surface area contributed by atoms with Gasteiger partial charge >= 0.3 is 0 Å². The maximum Gasteiger partial charge on any atom is 0.0483 e. The van der Waals surface area contributed by atoms with Gasteiger partial charge in [-0.05, 0) is 31.2 Å². The molecule has 0 saturated carbocycles. The van der Waals surface area contributed by atoms with E-state index in [0.717, 1.165) is 32.6 Å². The normalized spacial score (nSPS) is 21.8. The fourth-order valence-electron chi connectivity index (χ4n) is 2.54.